The topological polar surface area (TPSA) is 32.3 Å². The molecule has 1 aliphatic rings. The smallest absolute Gasteiger partial charge is 0.222 e. The number of amides is 1. The molecule has 0 saturated carbocycles. The van der Waals surface area contributed by atoms with Gasteiger partial charge in [-0.1, -0.05) is 13.3 Å². The SMILES string of the molecule is CCCCC(=O)N1CCCCC1CNC. The second kappa shape index (κ2) is 6.83. The minimum Gasteiger partial charge on any atom is -0.338 e. The minimum atomic E-state index is 0.358. The summed E-state index contributed by atoms with van der Waals surface area (Å²) in [5, 5.41) is 3.18. The monoisotopic (exact) mass is 212 g/mol. The van der Waals surface area contributed by atoms with Crippen molar-refractivity contribution in [2.75, 3.05) is 20.1 Å². The summed E-state index contributed by atoms with van der Waals surface area (Å²) >= 11 is 0. The number of carbonyl (C=O) groups excluding carboxylic acids is 1. The van der Waals surface area contributed by atoms with Crippen LogP contribution in [0.2, 0.25) is 0 Å². The second-order valence-electron chi connectivity index (χ2n) is 4.40. The molecule has 15 heavy (non-hydrogen) atoms. The highest BCUT2D eigenvalue weighted by Gasteiger charge is 2.25. The van der Waals surface area contributed by atoms with E-state index < -0.39 is 0 Å². The van der Waals surface area contributed by atoms with E-state index in [1.54, 1.807) is 0 Å². The van der Waals surface area contributed by atoms with E-state index in [-0.39, 0.29) is 0 Å². The van der Waals surface area contributed by atoms with Crippen molar-refractivity contribution in [2.45, 2.75) is 51.5 Å². The number of nitrogens with one attached hydrogen (secondary N) is 1. The Hall–Kier alpha value is -0.570. The summed E-state index contributed by atoms with van der Waals surface area (Å²) in [6.07, 6.45) is 6.48. The van der Waals surface area contributed by atoms with Crippen molar-refractivity contribution in [1.82, 2.24) is 10.2 Å². The van der Waals surface area contributed by atoms with Crippen LogP contribution in [0, 0.1) is 0 Å². The van der Waals surface area contributed by atoms with Gasteiger partial charge in [0.05, 0.1) is 0 Å². The van der Waals surface area contributed by atoms with Gasteiger partial charge in [0.25, 0.3) is 0 Å². The number of likely N-dealkylation sites (tertiary alicyclic amines) is 1. The van der Waals surface area contributed by atoms with Gasteiger partial charge in [-0.2, -0.15) is 0 Å². The van der Waals surface area contributed by atoms with Gasteiger partial charge in [0.1, 0.15) is 0 Å². The number of likely N-dealkylation sites (N-methyl/N-ethyl adjacent to an activating group) is 1. The molecule has 88 valence electrons. The maximum absolute atomic E-state index is 11.9. The standard InChI is InChI=1S/C12H24N2O/c1-3-4-8-12(15)14-9-6-5-7-11(14)10-13-2/h11,13H,3-10H2,1-2H3. The Labute approximate surface area is 93.2 Å². The van der Waals surface area contributed by atoms with Crippen LogP contribution < -0.4 is 5.32 Å². The van der Waals surface area contributed by atoms with E-state index in [0.29, 0.717) is 11.9 Å². The van der Waals surface area contributed by atoms with Crippen LogP contribution in [0.25, 0.3) is 0 Å². The molecule has 1 saturated heterocycles. The van der Waals surface area contributed by atoms with E-state index in [4.69, 9.17) is 0 Å². The van der Waals surface area contributed by atoms with Crippen LogP contribution in [0.5, 0.6) is 0 Å². The van der Waals surface area contributed by atoms with Gasteiger partial charge in [-0.3, -0.25) is 4.79 Å². The summed E-state index contributed by atoms with van der Waals surface area (Å²) < 4.78 is 0. The van der Waals surface area contributed by atoms with Crippen molar-refractivity contribution in [3.8, 4) is 0 Å². The highest BCUT2D eigenvalue weighted by Crippen LogP contribution is 2.18. The molecule has 1 amide bonds. The molecular weight excluding hydrogens is 188 g/mol. The second-order valence-corrected chi connectivity index (χ2v) is 4.40. The number of hydrogen-bond acceptors (Lipinski definition) is 2. The Morgan fingerprint density at radius 2 is 2.27 bits per heavy atom. The maximum Gasteiger partial charge on any atom is 0.222 e. The molecule has 1 heterocycles. The predicted molar refractivity (Wildman–Crippen MR) is 62.8 cm³/mol. The summed E-state index contributed by atoms with van der Waals surface area (Å²) in [4.78, 5) is 14.0. The van der Waals surface area contributed by atoms with E-state index in [1.165, 1.54) is 19.3 Å². The fraction of sp³-hybridized carbons (Fsp3) is 0.917. The van der Waals surface area contributed by atoms with Crippen molar-refractivity contribution in [2.24, 2.45) is 0 Å². The molecule has 0 aromatic rings. The third-order valence-corrected chi connectivity index (χ3v) is 3.13. The van der Waals surface area contributed by atoms with Crippen molar-refractivity contribution < 1.29 is 4.79 Å². The molecule has 0 aromatic carbocycles. The predicted octanol–water partition coefficient (Wildman–Crippen LogP) is 1.78. The Kier molecular flexibility index (Phi) is 5.69. The first-order valence-corrected chi connectivity index (χ1v) is 6.23. The molecule has 1 atom stereocenters. The summed E-state index contributed by atoms with van der Waals surface area (Å²) in [6.45, 7) is 4.04. The zero-order valence-electron chi connectivity index (χ0n) is 10.1. The van der Waals surface area contributed by atoms with E-state index in [0.717, 1.165) is 32.4 Å². The molecular formula is C12H24N2O. The normalized spacial score (nSPS) is 21.7. The third-order valence-electron chi connectivity index (χ3n) is 3.13. The number of nitrogens with zero attached hydrogens (tertiary/aromatic N) is 1. The van der Waals surface area contributed by atoms with Crippen LogP contribution in [-0.2, 0) is 4.79 Å². The molecule has 0 aromatic heterocycles. The van der Waals surface area contributed by atoms with Gasteiger partial charge >= 0.3 is 0 Å². The van der Waals surface area contributed by atoms with E-state index in [2.05, 4.69) is 17.1 Å². The highest BCUT2D eigenvalue weighted by molar-refractivity contribution is 5.76. The van der Waals surface area contributed by atoms with Crippen LogP contribution in [-0.4, -0.2) is 37.0 Å². The molecule has 0 radical (unpaired) electrons. The van der Waals surface area contributed by atoms with Gasteiger partial charge in [0.2, 0.25) is 5.91 Å². The number of rotatable bonds is 5. The van der Waals surface area contributed by atoms with E-state index >= 15 is 0 Å². The summed E-state index contributed by atoms with van der Waals surface area (Å²) in [6, 6.07) is 0.438. The van der Waals surface area contributed by atoms with Gasteiger partial charge < -0.3 is 10.2 Å². The molecule has 1 aliphatic heterocycles. The van der Waals surface area contributed by atoms with Crippen LogP contribution in [0.1, 0.15) is 45.4 Å². The first-order valence-electron chi connectivity index (χ1n) is 6.23. The van der Waals surface area contributed by atoms with Crippen molar-refractivity contribution in [1.29, 1.82) is 0 Å². The first kappa shape index (κ1) is 12.5. The summed E-state index contributed by atoms with van der Waals surface area (Å²) in [5.41, 5.74) is 0. The Morgan fingerprint density at radius 3 is 2.93 bits per heavy atom. The number of carbonyl (C=O) groups is 1. The molecule has 1 fully saturated rings. The highest BCUT2D eigenvalue weighted by atomic mass is 16.2. The average Bonchev–Trinajstić information content (AvgIpc) is 2.27. The Bertz CT molecular complexity index is 192. The van der Waals surface area contributed by atoms with Gasteiger partial charge in [0.15, 0.2) is 0 Å². The fourth-order valence-corrected chi connectivity index (χ4v) is 2.25. The lowest BCUT2D eigenvalue weighted by Gasteiger charge is -2.35. The first-order chi connectivity index (χ1) is 7.29. The van der Waals surface area contributed by atoms with Gasteiger partial charge in [-0.25, -0.2) is 0 Å². The van der Waals surface area contributed by atoms with Crippen molar-refractivity contribution >= 4 is 5.91 Å². The van der Waals surface area contributed by atoms with E-state index in [9.17, 15) is 4.79 Å². The molecule has 1 rings (SSSR count). The maximum atomic E-state index is 11.9. The molecule has 1 N–H and O–H groups in total. The molecule has 1 unspecified atom stereocenters. The van der Waals surface area contributed by atoms with Crippen LogP contribution in [0.3, 0.4) is 0 Å². The lowest BCUT2D eigenvalue weighted by Crippen LogP contribution is -2.47. The number of unbranched alkanes of at least 4 members (excludes halogenated alkanes) is 1. The minimum absolute atomic E-state index is 0.358. The number of piperidine rings is 1. The van der Waals surface area contributed by atoms with Crippen molar-refractivity contribution in [3.63, 3.8) is 0 Å². The molecule has 0 bridgehead atoms. The van der Waals surface area contributed by atoms with Crippen LogP contribution in [0.15, 0.2) is 0 Å². The largest absolute Gasteiger partial charge is 0.338 e. The van der Waals surface area contributed by atoms with Crippen LogP contribution >= 0.6 is 0 Å². The number of hydrogen-bond donors (Lipinski definition) is 1. The average molecular weight is 212 g/mol. The summed E-state index contributed by atoms with van der Waals surface area (Å²) in [7, 11) is 1.96. The van der Waals surface area contributed by atoms with Gasteiger partial charge in [-0.15, -0.1) is 0 Å². The van der Waals surface area contributed by atoms with E-state index in [1.807, 2.05) is 7.05 Å². The third kappa shape index (κ3) is 3.82. The Balaban J connectivity index is 2.43. The quantitative estimate of drug-likeness (QED) is 0.753. The zero-order valence-corrected chi connectivity index (χ0v) is 10.1. The lowest BCUT2D eigenvalue weighted by atomic mass is 10.0. The van der Waals surface area contributed by atoms with Crippen LogP contribution in [0.4, 0.5) is 0 Å². The Morgan fingerprint density at radius 1 is 1.47 bits per heavy atom. The summed E-state index contributed by atoms with van der Waals surface area (Å²) in [5.74, 6) is 0.358. The van der Waals surface area contributed by atoms with Gasteiger partial charge in [-0.05, 0) is 32.7 Å². The molecule has 0 spiro atoms. The molecule has 3 heteroatoms. The van der Waals surface area contributed by atoms with Crippen molar-refractivity contribution in [3.05, 3.63) is 0 Å². The fourth-order valence-electron chi connectivity index (χ4n) is 2.25. The zero-order chi connectivity index (χ0) is 11.1. The molecule has 0 aliphatic carbocycles. The van der Waals surface area contributed by atoms with Gasteiger partial charge in [0, 0.05) is 25.6 Å². The molecule has 3 nitrogen and oxygen atoms in total. The lowest BCUT2D eigenvalue weighted by molar-refractivity contribution is -0.134.